The first-order valence-electron chi connectivity index (χ1n) is 23.1. The minimum Gasteiger partial charge on any atom is -0.464 e. The van der Waals surface area contributed by atoms with E-state index in [-0.39, 0.29) is 24.5 Å². The van der Waals surface area contributed by atoms with Gasteiger partial charge in [-0.2, -0.15) is 10.5 Å². The van der Waals surface area contributed by atoms with Crippen molar-refractivity contribution >= 4 is 55.5 Å². The summed E-state index contributed by atoms with van der Waals surface area (Å²) in [7, 11) is 7.48. The molecule has 64 heavy (non-hydrogen) atoms. The first-order chi connectivity index (χ1) is 31.2. The molecule has 0 radical (unpaired) electrons. The first-order valence-corrected chi connectivity index (χ1v) is 27.8. The van der Waals surface area contributed by atoms with E-state index in [2.05, 4.69) is 115 Å². The molecule has 4 aliphatic rings. The van der Waals surface area contributed by atoms with E-state index in [0.29, 0.717) is 72.0 Å². The van der Waals surface area contributed by atoms with Crippen LogP contribution in [0, 0.1) is 22.7 Å². The zero-order chi connectivity index (χ0) is 45.1. The molecule has 10 nitrogen and oxygen atoms in total. The second-order valence-electron chi connectivity index (χ2n) is 17.3. The van der Waals surface area contributed by atoms with Gasteiger partial charge in [-0.15, -0.1) is 0 Å². The van der Waals surface area contributed by atoms with E-state index in [0.717, 1.165) is 19.5 Å². The molecule has 4 aliphatic heterocycles. The fourth-order valence-corrected chi connectivity index (χ4v) is 15.7. The minimum atomic E-state index is -0.323. The number of carbonyl (C=O) groups excluding carboxylic acids is 2. The summed E-state index contributed by atoms with van der Waals surface area (Å²) in [5.41, 5.74) is 3.80. The summed E-state index contributed by atoms with van der Waals surface area (Å²) in [6.07, 6.45) is 13.3. The van der Waals surface area contributed by atoms with Crippen LogP contribution in [0.5, 0.6) is 0 Å². The second kappa shape index (κ2) is 26.3. The van der Waals surface area contributed by atoms with E-state index in [4.69, 9.17) is 20.0 Å². The third-order valence-corrected chi connectivity index (χ3v) is 19.7. The average molecular weight is 926 g/mol. The number of nitriles is 2. The fourth-order valence-electron chi connectivity index (χ4n) is 8.63. The molecule has 4 saturated heterocycles. The van der Waals surface area contributed by atoms with E-state index in [1.165, 1.54) is 111 Å². The van der Waals surface area contributed by atoms with Crippen LogP contribution >= 0.6 is 0 Å². The monoisotopic (exact) mass is 925 g/mol. The summed E-state index contributed by atoms with van der Waals surface area (Å²) in [5.74, 6) is 7.61. The van der Waals surface area contributed by atoms with Crippen molar-refractivity contribution in [2.45, 2.75) is 91.6 Å². The third-order valence-electron chi connectivity index (χ3n) is 12.1. The lowest BCUT2D eigenvalue weighted by molar-refractivity contribution is -0.147. The molecule has 0 bridgehead atoms. The van der Waals surface area contributed by atoms with Crippen molar-refractivity contribution in [3.05, 3.63) is 90.1 Å². The number of esters is 2. The van der Waals surface area contributed by atoms with Crippen molar-refractivity contribution in [1.82, 2.24) is 19.3 Å². The van der Waals surface area contributed by atoms with Gasteiger partial charge in [0.15, 0.2) is 14.7 Å². The number of aryl methyl sites for hydroxylation is 1. The molecule has 342 valence electrons. The lowest BCUT2D eigenvalue weighted by atomic mass is 10.2. The first kappa shape index (κ1) is 49.5. The number of likely N-dealkylation sites (N-methyl/N-ethyl adjacent to an activating group) is 1. The lowest BCUT2D eigenvalue weighted by Gasteiger charge is -2.19. The number of cyclic esters (lactones) is 1. The van der Waals surface area contributed by atoms with Crippen LogP contribution in [-0.4, -0.2) is 132 Å². The van der Waals surface area contributed by atoms with Crippen LogP contribution in [0.15, 0.2) is 93.7 Å². The number of hydrogen-bond acceptors (Lipinski definition) is 9. The van der Waals surface area contributed by atoms with E-state index in [9.17, 15) is 9.59 Å². The van der Waals surface area contributed by atoms with E-state index < -0.39 is 0 Å². The lowest BCUT2D eigenvalue weighted by Crippen LogP contribution is -2.39. The fraction of sp³-hybridized carbons (Fsp3) is 0.529. The van der Waals surface area contributed by atoms with Crippen molar-refractivity contribution in [3.8, 4) is 12.1 Å². The standard InChI is InChI=1S/C19H26NO4S.C17H25N2S.C15H18N3S/c1-20(17-9-11-24-19(17)22)14-18(21)23-10-8-15-4-6-16(7-5-15)25-12-2-3-13-25;1-18(2)10-7-11-19-14-17(20-12-5-6-13-20)15-8-3-4-9-16(15)19;16-7-9-18(10-8-17)13-14-3-5-15(6-4-14)19-11-1-2-12-19/h4-7,17H,2-3,8-14H2,1H3;3-4,8-9,14H,5-7,10-13H2,1-2H3;3-6H,1-2,9-13H2/q3*+1. The van der Waals surface area contributed by atoms with E-state index in [1.807, 2.05) is 4.90 Å². The predicted molar refractivity (Wildman–Crippen MR) is 265 cm³/mol. The predicted octanol–water partition coefficient (Wildman–Crippen LogP) is 7.46. The number of hydrogen-bond donors (Lipinski definition) is 0. The molecule has 3 aromatic carbocycles. The molecule has 4 aromatic rings. The van der Waals surface area contributed by atoms with Crippen LogP contribution in [0.2, 0.25) is 0 Å². The number of aromatic nitrogens is 1. The number of carbonyl (C=O) groups is 2. The SMILES string of the molecule is CN(C)CCCn1cc([S+]2CCCC2)c2ccccc21.CN(CC(=O)OCCc1ccc([S+]2CCCC2)cc1)C1CCOC1=O.N#CCN(CC#N)Cc1ccc([S+]2CCCC2)cc1. The van der Waals surface area contributed by atoms with Gasteiger partial charge in [0, 0.05) is 58.6 Å². The van der Waals surface area contributed by atoms with Crippen LogP contribution in [-0.2, 0) is 71.3 Å². The van der Waals surface area contributed by atoms with E-state index >= 15 is 0 Å². The van der Waals surface area contributed by atoms with Gasteiger partial charge in [0.25, 0.3) is 0 Å². The molecule has 0 aliphatic carbocycles. The zero-order valence-corrected chi connectivity index (χ0v) is 40.8. The van der Waals surface area contributed by atoms with Gasteiger partial charge in [0.2, 0.25) is 0 Å². The van der Waals surface area contributed by atoms with Crippen molar-refractivity contribution < 1.29 is 19.1 Å². The Morgan fingerprint density at radius 3 is 1.89 bits per heavy atom. The molecule has 0 spiro atoms. The Kier molecular flexibility index (Phi) is 20.3. The van der Waals surface area contributed by atoms with Crippen molar-refractivity contribution in [2.75, 3.05) is 95.1 Å². The number of fused-ring (bicyclic) bond motifs is 1. The third kappa shape index (κ3) is 15.0. The Bertz CT molecular complexity index is 2120. The molecule has 1 aromatic heterocycles. The molecular formula is C51H69N6O4S3+3. The largest absolute Gasteiger partial charge is 0.464 e. The Labute approximate surface area is 391 Å². The highest BCUT2D eigenvalue weighted by atomic mass is 32.2. The van der Waals surface area contributed by atoms with Crippen LogP contribution in [0.25, 0.3) is 10.9 Å². The van der Waals surface area contributed by atoms with Gasteiger partial charge in [-0.1, -0.05) is 36.4 Å². The summed E-state index contributed by atoms with van der Waals surface area (Å²) in [5, 5.41) is 19.0. The highest BCUT2D eigenvalue weighted by molar-refractivity contribution is 7.97. The van der Waals surface area contributed by atoms with E-state index in [1.54, 1.807) is 16.8 Å². The summed E-state index contributed by atoms with van der Waals surface area (Å²) < 4.78 is 12.7. The van der Waals surface area contributed by atoms with Gasteiger partial charge in [-0.05, 0) is 120 Å². The van der Waals surface area contributed by atoms with Crippen LogP contribution in [0.4, 0.5) is 0 Å². The molecule has 0 saturated carbocycles. The average Bonchev–Trinajstić information content (AvgIpc) is 4.16. The maximum absolute atomic E-state index is 11.9. The number of nitrogens with zero attached hydrogens (tertiary/aromatic N) is 6. The van der Waals surface area contributed by atoms with Crippen molar-refractivity contribution in [1.29, 1.82) is 10.5 Å². The van der Waals surface area contributed by atoms with Crippen LogP contribution in [0.3, 0.4) is 0 Å². The quantitative estimate of drug-likeness (QED) is 0.0605. The summed E-state index contributed by atoms with van der Waals surface area (Å²) in [6, 6.07) is 30.3. The zero-order valence-electron chi connectivity index (χ0n) is 38.4. The topological polar surface area (TPSA) is 115 Å². The summed E-state index contributed by atoms with van der Waals surface area (Å²) in [6.45, 7) is 4.49. The Balaban J connectivity index is 0.000000161. The number of benzene rings is 3. The molecule has 4 fully saturated rings. The molecule has 5 heterocycles. The number of rotatable bonds is 17. The smallest absolute Gasteiger partial charge is 0.323 e. The maximum Gasteiger partial charge on any atom is 0.323 e. The van der Waals surface area contributed by atoms with Gasteiger partial charge in [0.05, 0.1) is 62.1 Å². The second-order valence-corrected chi connectivity index (χ2v) is 24.1. The normalized spacial score (nSPS) is 17.9. The molecule has 1 unspecified atom stereocenters. The molecule has 0 amide bonds. The van der Waals surface area contributed by atoms with Gasteiger partial charge in [-0.3, -0.25) is 19.4 Å². The Morgan fingerprint density at radius 2 is 1.34 bits per heavy atom. The summed E-state index contributed by atoms with van der Waals surface area (Å²) >= 11 is 0. The van der Waals surface area contributed by atoms with Crippen molar-refractivity contribution in [2.24, 2.45) is 0 Å². The Morgan fingerprint density at radius 1 is 0.781 bits per heavy atom. The highest BCUT2D eigenvalue weighted by Gasteiger charge is 2.32. The van der Waals surface area contributed by atoms with Gasteiger partial charge in [0.1, 0.15) is 40.6 Å². The number of ether oxygens (including phenoxy) is 2. The number of para-hydroxylation sites is 1. The van der Waals surface area contributed by atoms with Gasteiger partial charge < -0.3 is 18.9 Å². The maximum atomic E-state index is 11.9. The molecule has 0 N–H and O–H groups in total. The summed E-state index contributed by atoms with van der Waals surface area (Å²) in [4.78, 5) is 33.8. The highest BCUT2D eigenvalue weighted by Crippen LogP contribution is 2.32. The minimum absolute atomic E-state index is 0.113. The Hall–Kier alpha value is -3.95. The molecule has 13 heteroatoms. The van der Waals surface area contributed by atoms with Gasteiger partial charge >= 0.3 is 11.9 Å². The van der Waals surface area contributed by atoms with Crippen LogP contribution < -0.4 is 0 Å². The van der Waals surface area contributed by atoms with Crippen molar-refractivity contribution in [3.63, 3.8) is 0 Å². The molecule has 1 atom stereocenters. The van der Waals surface area contributed by atoms with Gasteiger partial charge in [-0.25, -0.2) is 0 Å². The molecular weight excluding hydrogens is 857 g/mol. The van der Waals surface area contributed by atoms with Crippen LogP contribution in [0.1, 0.15) is 62.5 Å². The molecule has 8 rings (SSSR count).